The zero-order valence-electron chi connectivity index (χ0n) is 28.3. The predicted molar refractivity (Wildman–Crippen MR) is 201 cm³/mol. The van der Waals surface area contributed by atoms with Gasteiger partial charge in [-0.25, -0.2) is 9.97 Å². The van der Waals surface area contributed by atoms with Crippen LogP contribution >= 0.6 is 23.2 Å². The molecule has 0 aliphatic carbocycles. The van der Waals surface area contributed by atoms with Crippen molar-refractivity contribution in [2.24, 2.45) is 0 Å². The van der Waals surface area contributed by atoms with Crippen LogP contribution in [0.1, 0.15) is 32.6 Å². The molecule has 0 bridgehead atoms. The van der Waals surface area contributed by atoms with E-state index in [9.17, 15) is 18.0 Å². The lowest BCUT2D eigenvalue weighted by Gasteiger charge is -2.33. The van der Waals surface area contributed by atoms with Gasteiger partial charge in [-0.2, -0.15) is 13.2 Å². The molecule has 0 radical (unpaired) electrons. The van der Waals surface area contributed by atoms with E-state index >= 15 is 0 Å². The Hall–Kier alpha value is -5.12. The minimum atomic E-state index is -4.53. The van der Waals surface area contributed by atoms with Gasteiger partial charge in [-0.05, 0) is 79.5 Å². The Kier molecular flexibility index (Phi) is 11.3. The zero-order chi connectivity index (χ0) is 36.8. The van der Waals surface area contributed by atoms with Gasteiger partial charge in [-0.1, -0.05) is 59.6 Å². The smallest absolute Gasteiger partial charge is 0.322 e. The summed E-state index contributed by atoms with van der Waals surface area (Å²) >= 11 is 11.4. The molecule has 6 aromatic rings. The van der Waals surface area contributed by atoms with Crippen molar-refractivity contribution in [3.05, 3.63) is 131 Å². The average molecular weight is 745 g/mol. The number of carbonyl (C=O) groups is 1. The van der Waals surface area contributed by atoms with Crippen LogP contribution in [0.4, 0.5) is 18.9 Å². The molecule has 52 heavy (non-hydrogen) atoms. The summed E-state index contributed by atoms with van der Waals surface area (Å²) in [6, 6.07) is 27.4. The fourth-order valence-electron chi connectivity index (χ4n) is 5.75. The monoisotopic (exact) mass is 743 g/mol. The number of aromatic nitrogens is 4. The summed E-state index contributed by atoms with van der Waals surface area (Å²) in [4.78, 5) is 25.7. The zero-order valence-corrected chi connectivity index (χ0v) is 29.8. The highest BCUT2D eigenvalue weighted by molar-refractivity contribution is 6.50. The summed E-state index contributed by atoms with van der Waals surface area (Å²) in [6.45, 7) is 5.15. The summed E-state index contributed by atoms with van der Waals surface area (Å²) in [5.74, 6) is 2.57. The van der Waals surface area contributed by atoms with Crippen molar-refractivity contribution in [1.29, 1.82) is 0 Å². The van der Waals surface area contributed by atoms with E-state index in [4.69, 9.17) is 23.2 Å². The number of para-hydroxylation sites is 4. The Morgan fingerprint density at radius 3 is 2.29 bits per heavy atom. The molecule has 0 atom stereocenters. The molecule has 1 aliphatic heterocycles. The quantitative estimate of drug-likeness (QED) is 0.180. The third-order valence-corrected chi connectivity index (χ3v) is 9.31. The topological polar surface area (TPSA) is 71.2 Å². The molecule has 1 amide bonds. The standard InChI is InChI=1S/C30H28F3N5O.C9H6Cl2N2/c1-21-7-8-23(17-22(21)11-12-38-20-34-27-5-3-4-6-28(27)38)29(39)35-25-10-9-24(26(18-25)30(31,32)33)19-37-15-13-36(2)14-16-37;10-5-9(11)13-6-12-7-3-1-2-4-8(7)13/h3-10,17-18,20H,13-16,19H2,1-2H3,(H,35,39);1-6H. The van der Waals surface area contributed by atoms with E-state index in [1.54, 1.807) is 40.0 Å². The summed E-state index contributed by atoms with van der Waals surface area (Å²) < 4.78 is 45.3. The fraction of sp³-hybridized carbons (Fsp3) is 0.205. The summed E-state index contributed by atoms with van der Waals surface area (Å²) in [5.41, 5.74) is 6.22. The van der Waals surface area contributed by atoms with Crippen molar-refractivity contribution < 1.29 is 18.0 Å². The Morgan fingerprint density at radius 2 is 1.58 bits per heavy atom. The Labute approximate surface area is 309 Å². The van der Waals surface area contributed by atoms with Gasteiger partial charge >= 0.3 is 6.18 Å². The number of nitrogens with zero attached hydrogens (tertiary/aromatic N) is 6. The van der Waals surface area contributed by atoms with Crippen LogP contribution in [0.25, 0.3) is 27.2 Å². The normalized spacial score (nSPS) is 14.1. The van der Waals surface area contributed by atoms with Gasteiger partial charge in [0.25, 0.3) is 5.91 Å². The number of fused-ring (bicyclic) bond motifs is 2. The molecule has 1 N–H and O–H groups in total. The number of piperazine rings is 1. The second-order valence-corrected chi connectivity index (χ2v) is 12.9. The first-order valence-corrected chi connectivity index (χ1v) is 17.2. The number of likely N-dealkylation sites (N-methyl/N-ethyl adjacent to an activating group) is 1. The number of benzene rings is 4. The van der Waals surface area contributed by atoms with Crippen molar-refractivity contribution in [3.8, 4) is 12.0 Å². The number of aryl methyl sites for hydroxylation is 1. The number of nitrogens with one attached hydrogen (secondary N) is 1. The van der Waals surface area contributed by atoms with Gasteiger partial charge in [0, 0.05) is 61.1 Å². The lowest BCUT2D eigenvalue weighted by molar-refractivity contribution is -0.138. The number of amides is 1. The van der Waals surface area contributed by atoms with Crippen LogP contribution in [0.3, 0.4) is 0 Å². The number of hydrogen-bond donors (Lipinski definition) is 1. The first-order chi connectivity index (χ1) is 25.0. The van der Waals surface area contributed by atoms with Crippen LogP contribution in [-0.4, -0.2) is 68.0 Å². The molecule has 2 aromatic heterocycles. The lowest BCUT2D eigenvalue weighted by atomic mass is 10.0. The highest BCUT2D eigenvalue weighted by atomic mass is 35.5. The Balaban J connectivity index is 0.000000299. The van der Waals surface area contributed by atoms with E-state index in [0.717, 1.165) is 46.8 Å². The lowest BCUT2D eigenvalue weighted by Crippen LogP contribution is -2.44. The number of imidazole rings is 2. The Morgan fingerprint density at radius 1 is 0.904 bits per heavy atom. The number of hydrogen-bond acceptors (Lipinski definition) is 5. The number of halogens is 5. The maximum Gasteiger partial charge on any atom is 0.416 e. The summed E-state index contributed by atoms with van der Waals surface area (Å²) in [5, 5.41) is 3.07. The molecule has 7 rings (SSSR count). The van der Waals surface area contributed by atoms with Crippen LogP contribution in [0.5, 0.6) is 0 Å². The molecule has 0 saturated carbocycles. The second kappa shape index (κ2) is 16.0. The van der Waals surface area contributed by atoms with E-state index in [1.807, 2.05) is 67.4 Å². The van der Waals surface area contributed by atoms with E-state index in [1.165, 1.54) is 17.7 Å². The molecule has 1 fully saturated rings. The molecule has 266 valence electrons. The van der Waals surface area contributed by atoms with Crippen molar-refractivity contribution in [2.75, 3.05) is 38.5 Å². The van der Waals surface area contributed by atoms with Gasteiger partial charge in [0.15, 0.2) is 0 Å². The summed E-state index contributed by atoms with van der Waals surface area (Å²) in [6.07, 6.45) is -1.26. The highest BCUT2D eigenvalue weighted by Gasteiger charge is 2.34. The highest BCUT2D eigenvalue weighted by Crippen LogP contribution is 2.35. The van der Waals surface area contributed by atoms with E-state index in [-0.39, 0.29) is 17.8 Å². The van der Waals surface area contributed by atoms with Crippen LogP contribution in [0.2, 0.25) is 0 Å². The van der Waals surface area contributed by atoms with Crippen LogP contribution in [0, 0.1) is 18.9 Å². The van der Waals surface area contributed by atoms with E-state index in [2.05, 4.69) is 32.1 Å². The third-order valence-electron chi connectivity index (χ3n) is 8.70. The summed E-state index contributed by atoms with van der Waals surface area (Å²) in [7, 11) is 2.00. The molecular formula is C39H34Cl2F3N7O. The third kappa shape index (κ3) is 8.66. The predicted octanol–water partition coefficient (Wildman–Crippen LogP) is 8.49. The minimum Gasteiger partial charge on any atom is -0.322 e. The van der Waals surface area contributed by atoms with Gasteiger partial charge in [0.1, 0.15) is 17.8 Å². The second-order valence-electron chi connectivity index (χ2n) is 12.3. The Bertz CT molecular complexity index is 2310. The van der Waals surface area contributed by atoms with E-state index < -0.39 is 17.6 Å². The van der Waals surface area contributed by atoms with Crippen LogP contribution < -0.4 is 5.32 Å². The van der Waals surface area contributed by atoms with E-state index in [0.29, 0.717) is 29.4 Å². The SMILES string of the molecule is Cc1ccc(C(=O)Nc2ccc(CN3CCN(C)CC3)c(C(F)(F)F)c2)cc1C#Cn1cnc2ccccc21.ClC=C(Cl)n1cnc2ccccc21. The maximum atomic E-state index is 13.9. The first kappa shape index (κ1) is 36.7. The molecule has 8 nitrogen and oxygen atoms in total. The molecular weight excluding hydrogens is 710 g/mol. The van der Waals surface area contributed by atoms with Gasteiger partial charge in [-0.15, -0.1) is 0 Å². The van der Waals surface area contributed by atoms with Crippen LogP contribution in [-0.2, 0) is 12.7 Å². The first-order valence-electron chi connectivity index (χ1n) is 16.4. The fourth-order valence-corrected chi connectivity index (χ4v) is 5.99. The van der Waals surface area contributed by atoms with Gasteiger partial charge in [0.2, 0.25) is 0 Å². The van der Waals surface area contributed by atoms with Crippen molar-refractivity contribution in [3.63, 3.8) is 0 Å². The molecule has 13 heteroatoms. The number of anilines is 1. The van der Waals surface area contributed by atoms with Gasteiger partial charge in [-0.3, -0.25) is 18.8 Å². The van der Waals surface area contributed by atoms with Crippen molar-refractivity contribution >= 4 is 62.0 Å². The maximum absolute atomic E-state index is 13.9. The molecule has 0 unspecified atom stereocenters. The molecule has 1 aliphatic rings. The minimum absolute atomic E-state index is 0.0903. The molecule has 1 saturated heterocycles. The average Bonchev–Trinajstić information content (AvgIpc) is 3.77. The van der Waals surface area contributed by atoms with Crippen molar-refractivity contribution in [2.45, 2.75) is 19.6 Å². The van der Waals surface area contributed by atoms with Gasteiger partial charge < -0.3 is 10.2 Å². The number of carbonyl (C=O) groups excluding carboxylic acids is 1. The van der Waals surface area contributed by atoms with Crippen LogP contribution in [0.15, 0.2) is 103 Å². The largest absolute Gasteiger partial charge is 0.416 e. The molecule has 4 aromatic carbocycles. The molecule has 0 spiro atoms. The number of alkyl halides is 3. The van der Waals surface area contributed by atoms with Crippen molar-refractivity contribution in [1.82, 2.24) is 28.9 Å². The number of rotatable bonds is 5. The van der Waals surface area contributed by atoms with Gasteiger partial charge in [0.05, 0.1) is 27.6 Å². The molecule has 3 heterocycles.